The number of nitrogens with zero attached hydrogens (tertiary/aromatic N) is 1. The van der Waals surface area contributed by atoms with Crippen molar-refractivity contribution in [3.63, 3.8) is 0 Å². The van der Waals surface area contributed by atoms with Gasteiger partial charge in [0.2, 0.25) is 5.90 Å². The number of aryl methyl sites for hydroxylation is 2. The summed E-state index contributed by atoms with van der Waals surface area (Å²) in [7, 11) is 2.35. The van der Waals surface area contributed by atoms with E-state index in [0.29, 0.717) is 11.1 Å². The predicted octanol–water partition coefficient (Wildman–Crippen LogP) is 2.98. The highest BCUT2D eigenvalue weighted by molar-refractivity contribution is 6.28. The molecule has 1 aromatic carbocycles. The topological polar surface area (TPSA) is 100 Å². The van der Waals surface area contributed by atoms with Crippen molar-refractivity contribution in [1.82, 2.24) is 0 Å². The number of carbonyl (C=O) groups excluding carboxylic acids is 3. The molecule has 1 fully saturated rings. The maximum atomic E-state index is 13.6. The quantitative estimate of drug-likeness (QED) is 0.684. The number of benzene rings is 1. The summed E-state index contributed by atoms with van der Waals surface area (Å²) in [6.07, 6.45) is 4.79. The van der Waals surface area contributed by atoms with Gasteiger partial charge in [0.15, 0.2) is 0 Å². The highest BCUT2D eigenvalue weighted by Gasteiger charge is 2.64. The lowest BCUT2D eigenvalue weighted by Gasteiger charge is -2.23. The van der Waals surface area contributed by atoms with Crippen molar-refractivity contribution in [1.29, 1.82) is 0 Å². The van der Waals surface area contributed by atoms with Gasteiger partial charge in [-0.15, -0.1) is 0 Å². The van der Waals surface area contributed by atoms with E-state index in [4.69, 9.17) is 18.9 Å². The van der Waals surface area contributed by atoms with Gasteiger partial charge >= 0.3 is 17.7 Å². The zero-order chi connectivity index (χ0) is 22.3. The van der Waals surface area contributed by atoms with Gasteiger partial charge in [-0.25, -0.2) is 14.6 Å². The van der Waals surface area contributed by atoms with Crippen LogP contribution in [0.15, 0.2) is 28.3 Å². The Morgan fingerprint density at radius 1 is 1.03 bits per heavy atom. The second-order valence-electron chi connectivity index (χ2n) is 8.06. The molecular weight excluding hydrogens is 402 g/mol. The fourth-order valence-electron chi connectivity index (χ4n) is 4.50. The van der Waals surface area contributed by atoms with Gasteiger partial charge in [-0.3, -0.25) is 4.79 Å². The van der Waals surface area contributed by atoms with Crippen molar-refractivity contribution in [3.05, 3.63) is 40.0 Å². The van der Waals surface area contributed by atoms with Gasteiger partial charge in [-0.2, -0.15) is 0 Å². The van der Waals surface area contributed by atoms with Crippen LogP contribution in [-0.4, -0.2) is 49.7 Å². The van der Waals surface area contributed by atoms with Gasteiger partial charge in [0.1, 0.15) is 16.9 Å². The van der Waals surface area contributed by atoms with E-state index in [1.165, 1.54) is 7.11 Å². The number of ether oxygens (including phenoxy) is 4. The van der Waals surface area contributed by atoms with E-state index in [-0.39, 0.29) is 28.8 Å². The summed E-state index contributed by atoms with van der Waals surface area (Å²) in [6.45, 7) is 3.65. The van der Waals surface area contributed by atoms with E-state index in [1.807, 2.05) is 13.0 Å². The molecule has 0 radical (unpaired) electrons. The minimum atomic E-state index is -2.16. The van der Waals surface area contributed by atoms with Crippen molar-refractivity contribution in [2.24, 2.45) is 4.99 Å². The second-order valence-corrected chi connectivity index (χ2v) is 8.06. The summed E-state index contributed by atoms with van der Waals surface area (Å²) in [5, 5.41) is 0. The number of methoxy groups -OCH3 is 2. The first kappa shape index (κ1) is 21.1. The molecule has 1 aliphatic carbocycles. The third-order valence-corrected chi connectivity index (χ3v) is 5.91. The van der Waals surface area contributed by atoms with Crippen molar-refractivity contribution in [3.8, 4) is 5.75 Å². The Bertz CT molecular complexity index is 1030. The number of rotatable bonds is 3. The van der Waals surface area contributed by atoms with E-state index in [0.717, 1.165) is 44.8 Å². The monoisotopic (exact) mass is 427 g/mol. The van der Waals surface area contributed by atoms with Crippen molar-refractivity contribution >= 4 is 23.6 Å². The number of fused-ring (bicyclic) bond motifs is 1. The van der Waals surface area contributed by atoms with Crippen LogP contribution in [0.2, 0.25) is 0 Å². The molecular formula is C23H25NO7. The van der Waals surface area contributed by atoms with Gasteiger partial charge in [0.25, 0.3) is 5.78 Å². The lowest BCUT2D eigenvalue weighted by molar-refractivity contribution is -0.142. The Kier molecular flexibility index (Phi) is 5.33. The molecule has 31 heavy (non-hydrogen) atoms. The molecule has 1 saturated carbocycles. The SMILES string of the molecule is COC(=O)C1=C(C(=O)OC)C2(OC1=NC1CCCCC1)Oc1cc(C)cc(C)c1C2=O. The fraction of sp³-hybridized carbons (Fsp3) is 0.478. The molecule has 0 aromatic heterocycles. The summed E-state index contributed by atoms with van der Waals surface area (Å²) in [5.74, 6) is -4.32. The summed E-state index contributed by atoms with van der Waals surface area (Å²) >= 11 is 0. The summed E-state index contributed by atoms with van der Waals surface area (Å²) in [6, 6.07) is 3.45. The minimum Gasteiger partial charge on any atom is -0.465 e. The molecule has 164 valence electrons. The average molecular weight is 427 g/mol. The zero-order valence-corrected chi connectivity index (χ0v) is 18.1. The molecule has 1 spiro atoms. The van der Waals surface area contributed by atoms with Gasteiger partial charge in [0.05, 0.1) is 25.8 Å². The maximum absolute atomic E-state index is 13.6. The van der Waals surface area contributed by atoms with E-state index < -0.39 is 23.5 Å². The van der Waals surface area contributed by atoms with Crippen LogP contribution in [0.5, 0.6) is 5.75 Å². The molecule has 2 aliphatic heterocycles. The Balaban J connectivity index is 1.90. The molecule has 3 aliphatic rings. The normalized spacial score (nSPS) is 24.3. The molecule has 0 N–H and O–H groups in total. The maximum Gasteiger partial charge on any atom is 0.353 e. The third kappa shape index (κ3) is 3.30. The van der Waals surface area contributed by atoms with Crippen LogP contribution in [0.25, 0.3) is 0 Å². The summed E-state index contributed by atoms with van der Waals surface area (Å²) in [5.41, 5.74) is 1.30. The lowest BCUT2D eigenvalue weighted by Crippen LogP contribution is -2.45. The van der Waals surface area contributed by atoms with E-state index in [2.05, 4.69) is 4.99 Å². The largest absolute Gasteiger partial charge is 0.465 e. The number of hydrogen-bond acceptors (Lipinski definition) is 8. The summed E-state index contributed by atoms with van der Waals surface area (Å²) < 4.78 is 21.8. The molecule has 2 heterocycles. The second kappa shape index (κ2) is 7.83. The Hall–Kier alpha value is -3.16. The minimum absolute atomic E-state index is 0.0830. The number of hydrogen-bond donors (Lipinski definition) is 0. The third-order valence-electron chi connectivity index (χ3n) is 5.91. The van der Waals surface area contributed by atoms with Crippen molar-refractivity contribution in [2.75, 3.05) is 14.2 Å². The van der Waals surface area contributed by atoms with E-state index >= 15 is 0 Å². The zero-order valence-electron chi connectivity index (χ0n) is 18.1. The average Bonchev–Trinajstić information content (AvgIpc) is 3.21. The van der Waals surface area contributed by atoms with E-state index in [1.54, 1.807) is 13.0 Å². The van der Waals surface area contributed by atoms with Gasteiger partial charge in [0, 0.05) is 0 Å². The van der Waals surface area contributed by atoms with Crippen molar-refractivity contribution < 1.29 is 33.3 Å². The van der Waals surface area contributed by atoms with Gasteiger partial charge in [-0.05, 0) is 43.9 Å². The number of aliphatic imine (C=N–C) groups is 1. The Morgan fingerprint density at radius 2 is 1.71 bits per heavy atom. The smallest absolute Gasteiger partial charge is 0.353 e. The highest BCUT2D eigenvalue weighted by Crippen LogP contribution is 2.47. The van der Waals surface area contributed by atoms with Crippen LogP contribution < -0.4 is 4.74 Å². The molecule has 0 saturated heterocycles. The van der Waals surface area contributed by atoms with Crippen molar-refractivity contribution in [2.45, 2.75) is 57.8 Å². The molecule has 8 nitrogen and oxygen atoms in total. The molecule has 1 atom stereocenters. The van der Waals surface area contributed by atoms with Crippen LogP contribution in [0.4, 0.5) is 0 Å². The molecule has 4 rings (SSSR count). The molecule has 0 bridgehead atoms. The fourth-order valence-corrected chi connectivity index (χ4v) is 4.50. The first-order valence-corrected chi connectivity index (χ1v) is 10.4. The predicted molar refractivity (Wildman–Crippen MR) is 110 cm³/mol. The molecule has 0 amide bonds. The van der Waals surface area contributed by atoms with Crippen LogP contribution in [0, 0.1) is 13.8 Å². The molecule has 8 heteroatoms. The van der Waals surface area contributed by atoms with Gasteiger partial charge in [-0.1, -0.05) is 25.3 Å². The van der Waals surface area contributed by atoms with Crippen LogP contribution >= 0.6 is 0 Å². The lowest BCUT2D eigenvalue weighted by atomic mass is 9.93. The van der Waals surface area contributed by atoms with E-state index in [9.17, 15) is 14.4 Å². The number of ketones is 1. The standard InChI is InChI=1S/C23H25NO7/c1-12-10-13(2)16-15(11-12)30-23(19(16)25)18(22(27)29-4)17(21(26)28-3)20(31-23)24-14-8-6-5-7-9-14/h10-11,14H,5-9H2,1-4H3. The number of esters is 2. The number of Topliss-reactive ketones (excluding diaryl/α,β-unsaturated/α-hetero) is 1. The van der Waals surface area contributed by atoms with Crippen LogP contribution in [-0.2, 0) is 23.8 Å². The molecule has 1 aromatic rings. The summed E-state index contributed by atoms with van der Waals surface area (Å²) in [4.78, 5) is 43.7. The van der Waals surface area contributed by atoms with Crippen LogP contribution in [0.3, 0.4) is 0 Å². The van der Waals surface area contributed by atoms with Gasteiger partial charge < -0.3 is 18.9 Å². The highest BCUT2D eigenvalue weighted by atomic mass is 16.7. The Morgan fingerprint density at radius 3 is 2.35 bits per heavy atom. The number of carbonyl (C=O) groups is 3. The van der Waals surface area contributed by atoms with Crippen LogP contribution in [0.1, 0.15) is 53.6 Å². The first-order valence-electron chi connectivity index (χ1n) is 10.4. The Labute approximate surface area is 180 Å². The first-order chi connectivity index (χ1) is 14.8. The molecule has 1 unspecified atom stereocenters.